The average molecular weight is 405 g/mol. The zero-order valence-electron chi connectivity index (χ0n) is 16.8. The summed E-state index contributed by atoms with van der Waals surface area (Å²) in [5.74, 6) is 1.34. The molecule has 2 aromatic carbocycles. The van der Waals surface area contributed by atoms with E-state index in [9.17, 15) is 8.42 Å². The Balaban J connectivity index is 1.79. The van der Waals surface area contributed by atoms with Crippen molar-refractivity contribution >= 4 is 10.1 Å². The molecule has 5 heteroatoms. The predicted octanol–water partition coefficient (Wildman–Crippen LogP) is 6.80. The molecule has 0 aliphatic carbocycles. The molecule has 0 atom stereocenters. The van der Waals surface area contributed by atoms with E-state index in [2.05, 4.69) is 13.0 Å². The van der Waals surface area contributed by atoms with Gasteiger partial charge in [0.15, 0.2) is 0 Å². The van der Waals surface area contributed by atoms with E-state index < -0.39 is 10.1 Å². The molecule has 2 aromatic rings. The molecule has 0 spiro atoms. The monoisotopic (exact) mass is 404 g/mol. The van der Waals surface area contributed by atoms with Gasteiger partial charge in [0.05, 0.1) is 4.90 Å². The summed E-state index contributed by atoms with van der Waals surface area (Å²) < 4.78 is 37.3. The zero-order chi connectivity index (χ0) is 20.2. The van der Waals surface area contributed by atoms with Crippen molar-refractivity contribution in [2.45, 2.75) is 76.0 Å². The van der Waals surface area contributed by atoms with Crippen LogP contribution >= 0.6 is 0 Å². The van der Waals surface area contributed by atoms with Crippen molar-refractivity contribution < 1.29 is 17.7 Å². The van der Waals surface area contributed by atoms with E-state index in [1.807, 2.05) is 18.2 Å². The molecule has 0 radical (unpaired) electrons. The van der Waals surface area contributed by atoms with Gasteiger partial charge in [0.2, 0.25) is 0 Å². The Morgan fingerprint density at radius 1 is 0.786 bits per heavy atom. The van der Waals surface area contributed by atoms with Gasteiger partial charge in [0, 0.05) is 0 Å². The molecule has 0 amide bonds. The van der Waals surface area contributed by atoms with Gasteiger partial charge >= 0.3 is 0 Å². The van der Waals surface area contributed by atoms with Gasteiger partial charge in [-0.15, -0.1) is 0 Å². The van der Waals surface area contributed by atoms with Gasteiger partial charge in [0.25, 0.3) is 10.1 Å². The van der Waals surface area contributed by atoms with Gasteiger partial charge in [-0.05, 0) is 48.7 Å². The first kappa shape index (κ1) is 22.4. The molecule has 0 bridgehead atoms. The number of unbranched alkanes of at least 4 members (excludes halogenated alkanes) is 8. The van der Waals surface area contributed by atoms with E-state index in [4.69, 9.17) is 9.29 Å². The molecule has 0 fully saturated rings. The Morgan fingerprint density at radius 2 is 1.36 bits per heavy atom. The molecular weight excluding hydrogens is 372 g/mol. The molecule has 0 aromatic heterocycles. The fourth-order valence-electron chi connectivity index (χ4n) is 3.24. The number of para-hydroxylation sites is 1. The van der Waals surface area contributed by atoms with Gasteiger partial charge in [0.1, 0.15) is 11.5 Å². The summed E-state index contributed by atoms with van der Waals surface area (Å²) in [6, 6.07) is 13.7. The van der Waals surface area contributed by atoms with Crippen molar-refractivity contribution in [3.8, 4) is 11.5 Å². The molecular formula is C23H32O4S. The van der Waals surface area contributed by atoms with Crippen LogP contribution in [0.1, 0.15) is 70.3 Å². The highest BCUT2D eigenvalue weighted by Crippen LogP contribution is 2.27. The number of rotatable bonds is 13. The highest BCUT2D eigenvalue weighted by atomic mass is 32.2. The van der Waals surface area contributed by atoms with Crippen LogP contribution in [0.15, 0.2) is 53.4 Å². The summed E-state index contributed by atoms with van der Waals surface area (Å²) in [4.78, 5) is -0.136. The molecule has 0 aliphatic heterocycles. The van der Waals surface area contributed by atoms with Crippen LogP contribution < -0.4 is 4.74 Å². The smallest absolute Gasteiger partial charge is 0.294 e. The van der Waals surface area contributed by atoms with E-state index in [0.29, 0.717) is 5.75 Å². The van der Waals surface area contributed by atoms with Crippen LogP contribution in [0.4, 0.5) is 0 Å². The topological polar surface area (TPSA) is 63.6 Å². The number of ether oxygens (including phenoxy) is 1. The third kappa shape index (κ3) is 8.03. The van der Waals surface area contributed by atoms with Gasteiger partial charge in [-0.1, -0.05) is 76.5 Å². The fraction of sp³-hybridized carbons (Fsp3) is 0.478. The van der Waals surface area contributed by atoms with Crippen molar-refractivity contribution in [1.29, 1.82) is 0 Å². The van der Waals surface area contributed by atoms with E-state index in [-0.39, 0.29) is 4.90 Å². The Morgan fingerprint density at radius 3 is 1.96 bits per heavy atom. The minimum Gasteiger partial charge on any atom is -0.457 e. The van der Waals surface area contributed by atoms with Gasteiger partial charge in [-0.2, -0.15) is 8.42 Å². The van der Waals surface area contributed by atoms with Gasteiger partial charge < -0.3 is 4.74 Å². The van der Waals surface area contributed by atoms with Crippen molar-refractivity contribution in [1.82, 2.24) is 0 Å². The van der Waals surface area contributed by atoms with Crippen LogP contribution in [0.3, 0.4) is 0 Å². The number of hydrogen-bond donors (Lipinski definition) is 1. The second-order valence-corrected chi connectivity index (χ2v) is 8.66. The van der Waals surface area contributed by atoms with Crippen LogP contribution in [0.5, 0.6) is 11.5 Å². The van der Waals surface area contributed by atoms with Crippen LogP contribution in [0, 0.1) is 0 Å². The molecule has 0 saturated carbocycles. The lowest BCUT2D eigenvalue weighted by molar-refractivity contribution is 0.471. The van der Waals surface area contributed by atoms with Crippen molar-refractivity contribution in [2.75, 3.05) is 0 Å². The summed E-state index contributed by atoms with van der Waals surface area (Å²) in [5, 5.41) is 0. The maximum absolute atomic E-state index is 11.1. The minimum absolute atomic E-state index is 0.136. The Kier molecular flexibility index (Phi) is 9.51. The van der Waals surface area contributed by atoms with Crippen molar-refractivity contribution in [3.63, 3.8) is 0 Å². The van der Waals surface area contributed by atoms with E-state index in [1.165, 1.54) is 63.5 Å². The Bertz CT molecular complexity index is 798. The number of benzene rings is 2. The van der Waals surface area contributed by atoms with Crippen molar-refractivity contribution in [2.24, 2.45) is 0 Å². The second-order valence-electron chi connectivity index (χ2n) is 7.23. The maximum atomic E-state index is 11.1. The molecule has 0 heterocycles. The molecule has 0 saturated heterocycles. The van der Waals surface area contributed by atoms with Gasteiger partial charge in [-0.25, -0.2) is 0 Å². The molecule has 28 heavy (non-hydrogen) atoms. The quantitative estimate of drug-likeness (QED) is 0.294. The fourth-order valence-corrected chi connectivity index (χ4v) is 3.72. The van der Waals surface area contributed by atoms with Crippen LogP contribution in [-0.4, -0.2) is 13.0 Å². The third-order valence-corrected chi connectivity index (χ3v) is 5.74. The highest BCUT2D eigenvalue weighted by Gasteiger charge is 2.10. The van der Waals surface area contributed by atoms with Crippen LogP contribution in [0.2, 0.25) is 0 Å². The molecule has 0 aliphatic rings. The molecule has 0 unspecified atom stereocenters. The van der Waals surface area contributed by atoms with E-state index in [0.717, 1.165) is 24.2 Å². The summed E-state index contributed by atoms with van der Waals surface area (Å²) in [6.07, 6.45) is 12.7. The van der Waals surface area contributed by atoms with Crippen molar-refractivity contribution in [3.05, 3.63) is 54.1 Å². The first-order chi connectivity index (χ1) is 13.5. The lowest BCUT2D eigenvalue weighted by Gasteiger charge is -2.11. The molecule has 1 N–H and O–H groups in total. The van der Waals surface area contributed by atoms with Crippen LogP contribution in [-0.2, 0) is 16.5 Å². The number of hydrogen-bond acceptors (Lipinski definition) is 3. The highest BCUT2D eigenvalue weighted by molar-refractivity contribution is 7.85. The summed E-state index contributed by atoms with van der Waals surface area (Å²) >= 11 is 0. The first-order valence-electron chi connectivity index (χ1n) is 10.3. The SMILES string of the molecule is CCCCCCCCCCCc1ccccc1Oc1ccc(S(=O)(=O)O)cc1. The lowest BCUT2D eigenvalue weighted by Crippen LogP contribution is -1.97. The average Bonchev–Trinajstić information content (AvgIpc) is 2.67. The largest absolute Gasteiger partial charge is 0.457 e. The molecule has 4 nitrogen and oxygen atoms in total. The van der Waals surface area contributed by atoms with E-state index >= 15 is 0 Å². The number of aryl methyl sites for hydroxylation is 1. The Hall–Kier alpha value is -1.85. The van der Waals surface area contributed by atoms with E-state index in [1.54, 1.807) is 12.1 Å². The normalized spacial score (nSPS) is 11.5. The Labute approximate surface area is 169 Å². The first-order valence-corrected chi connectivity index (χ1v) is 11.8. The molecule has 2 rings (SSSR count). The standard InChI is InChI=1S/C23H32O4S/c1-2-3-4-5-6-7-8-9-10-13-20-14-11-12-15-23(20)27-21-16-18-22(19-17-21)28(24,25)26/h11-12,14-19H,2-10,13H2,1H3,(H,24,25,26). The third-order valence-electron chi connectivity index (χ3n) is 4.87. The molecule has 154 valence electrons. The second kappa shape index (κ2) is 11.9. The maximum Gasteiger partial charge on any atom is 0.294 e. The summed E-state index contributed by atoms with van der Waals surface area (Å²) in [7, 11) is -4.18. The van der Waals surface area contributed by atoms with Gasteiger partial charge in [-0.3, -0.25) is 4.55 Å². The minimum atomic E-state index is -4.18. The summed E-state index contributed by atoms with van der Waals surface area (Å²) in [5.41, 5.74) is 1.16. The lowest BCUT2D eigenvalue weighted by atomic mass is 10.0. The summed E-state index contributed by atoms with van der Waals surface area (Å²) in [6.45, 7) is 2.25. The predicted molar refractivity (Wildman–Crippen MR) is 114 cm³/mol. The zero-order valence-corrected chi connectivity index (χ0v) is 17.6. The van der Waals surface area contributed by atoms with Crippen LogP contribution in [0.25, 0.3) is 0 Å².